The number of amides is 1. The SMILES string of the molecule is O=C(O)C1CCN(C(=O)c2cccc(F)c2F)CC1. The van der Waals surface area contributed by atoms with Crippen LogP contribution in [0, 0.1) is 17.6 Å². The van der Waals surface area contributed by atoms with Crippen molar-refractivity contribution in [3.63, 3.8) is 0 Å². The Morgan fingerprint density at radius 3 is 2.42 bits per heavy atom. The van der Waals surface area contributed by atoms with Gasteiger partial charge in [0.2, 0.25) is 0 Å². The molecule has 1 N–H and O–H groups in total. The number of hydrogen-bond donors (Lipinski definition) is 1. The monoisotopic (exact) mass is 269 g/mol. The van der Waals surface area contributed by atoms with Gasteiger partial charge in [-0.2, -0.15) is 0 Å². The fourth-order valence-corrected chi connectivity index (χ4v) is 2.17. The van der Waals surface area contributed by atoms with E-state index in [-0.39, 0.29) is 18.7 Å². The van der Waals surface area contributed by atoms with Gasteiger partial charge in [0.1, 0.15) is 0 Å². The molecule has 4 nitrogen and oxygen atoms in total. The van der Waals surface area contributed by atoms with Crippen LogP contribution in [-0.4, -0.2) is 35.0 Å². The van der Waals surface area contributed by atoms with E-state index in [9.17, 15) is 18.4 Å². The van der Waals surface area contributed by atoms with E-state index in [0.717, 1.165) is 6.07 Å². The van der Waals surface area contributed by atoms with Gasteiger partial charge in [-0.3, -0.25) is 9.59 Å². The average Bonchev–Trinajstić information content (AvgIpc) is 2.41. The van der Waals surface area contributed by atoms with Gasteiger partial charge >= 0.3 is 5.97 Å². The molecule has 1 heterocycles. The van der Waals surface area contributed by atoms with E-state index in [1.54, 1.807) is 0 Å². The van der Waals surface area contributed by atoms with Crippen molar-refractivity contribution in [2.75, 3.05) is 13.1 Å². The average molecular weight is 269 g/mol. The molecule has 1 amide bonds. The van der Waals surface area contributed by atoms with Crippen molar-refractivity contribution >= 4 is 11.9 Å². The summed E-state index contributed by atoms with van der Waals surface area (Å²) in [5, 5.41) is 8.85. The highest BCUT2D eigenvalue weighted by Gasteiger charge is 2.28. The van der Waals surface area contributed by atoms with Crippen molar-refractivity contribution in [3.8, 4) is 0 Å². The summed E-state index contributed by atoms with van der Waals surface area (Å²) in [7, 11) is 0. The van der Waals surface area contributed by atoms with Crippen LogP contribution < -0.4 is 0 Å². The van der Waals surface area contributed by atoms with E-state index in [1.807, 2.05) is 0 Å². The molecule has 1 aliphatic rings. The zero-order valence-corrected chi connectivity index (χ0v) is 10.1. The lowest BCUT2D eigenvalue weighted by atomic mass is 9.96. The standard InChI is InChI=1S/C13H13F2NO3/c14-10-3-1-2-9(11(10)15)12(17)16-6-4-8(5-7-16)13(18)19/h1-3,8H,4-7H2,(H,18,19). The smallest absolute Gasteiger partial charge is 0.306 e. The molecule has 1 aliphatic heterocycles. The van der Waals surface area contributed by atoms with Gasteiger partial charge in [-0.25, -0.2) is 8.78 Å². The van der Waals surface area contributed by atoms with Gasteiger partial charge in [-0.15, -0.1) is 0 Å². The van der Waals surface area contributed by atoms with Crippen molar-refractivity contribution in [1.82, 2.24) is 4.90 Å². The summed E-state index contributed by atoms with van der Waals surface area (Å²) in [5.41, 5.74) is -0.311. The number of halogens is 2. The lowest BCUT2D eigenvalue weighted by Gasteiger charge is -2.30. The molecule has 1 fully saturated rings. The number of nitrogens with zero attached hydrogens (tertiary/aromatic N) is 1. The summed E-state index contributed by atoms with van der Waals surface area (Å²) < 4.78 is 26.5. The molecule has 0 aliphatic carbocycles. The molecule has 0 bridgehead atoms. The third-order valence-corrected chi connectivity index (χ3v) is 3.31. The Morgan fingerprint density at radius 2 is 1.84 bits per heavy atom. The zero-order valence-electron chi connectivity index (χ0n) is 10.1. The molecule has 0 unspecified atom stereocenters. The van der Waals surface area contributed by atoms with Crippen molar-refractivity contribution in [1.29, 1.82) is 0 Å². The van der Waals surface area contributed by atoms with Crippen LogP contribution in [0.25, 0.3) is 0 Å². The van der Waals surface area contributed by atoms with Crippen LogP contribution in [0.2, 0.25) is 0 Å². The topological polar surface area (TPSA) is 57.6 Å². The Morgan fingerprint density at radius 1 is 1.21 bits per heavy atom. The number of carbonyl (C=O) groups is 2. The number of piperidine rings is 1. The number of rotatable bonds is 2. The Labute approximate surface area is 108 Å². The van der Waals surface area contributed by atoms with Gasteiger partial charge in [0.05, 0.1) is 11.5 Å². The number of hydrogen-bond acceptors (Lipinski definition) is 2. The maximum absolute atomic E-state index is 13.5. The van der Waals surface area contributed by atoms with E-state index in [0.29, 0.717) is 12.8 Å². The van der Waals surface area contributed by atoms with E-state index in [2.05, 4.69) is 0 Å². The van der Waals surface area contributed by atoms with Crippen molar-refractivity contribution in [2.45, 2.75) is 12.8 Å². The number of benzene rings is 1. The normalized spacial score (nSPS) is 16.4. The molecule has 0 atom stereocenters. The lowest BCUT2D eigenvalue weighted by Crippen LogP contribution is -2.40. The molecule has 1 saturated heterocycles. The van der Waals surface area contributed by atoms with Gasteiger partial charge in [-0.05, 0) is 25.0 Å². The fourth-order valence-electron chi connectivity index (χ4n) is 2.17. The maximum Gasteiger partial charge on any atom is 0.306 e. The Hall–Kier alpha value is -1.98. The van der Waals surface area contributed by atoms with Crippen LogP contribution in [-0.2, 0) is 4.79 Å². The molecule has 1 aromatic carbocycles. The van der Waals surface area contributed by atoms with Crippen LogP contribution in [0.4, 0.5) is 8.78 Å². The summed E-state index contributed by atoms with van der Waals surface area (Å²) in [6.07, 6.45) is 0.663. The highest BCUT2D eigenvalue weighted by Crippen LogP contribution is 2.20. The largest absolute Gasteiger partial charge is 0.481 e. The van der Waals surface area contributed by atoms with Crippen LogP contribution in [0.15, 0.2) is 18.2 Å². The minimum absolute atomic E-state index is 0.242. The molecule has 0 saturated carbocycles. The minimum Gasteiger partial charge on any atom is -0.481 e. The molecular formula is C13H13F2NO3. The number of carboxylic acid groups (broad SMARTS) is 1. The Balaban J connectivity index is 2.09. The summed E-state index contributed by atoms with van der Waals surface area (Å²) in [4.78, 5) is 24.2. The van der Waals surface area contributed by atoms with Crippen molar-refractivity contribution in [2.24, 2.45) is 5.92 Å². The highest BCUT2D eigenvalue weighted by atomic mass is 19.2. The fraction of sp³-hybridized carbons (Fsp3) is 0.385. The number of carboxylic acids is 1. The Kier molecular flexibility index (Phi) is 3.78. The molecule has 0 aromatic heterocycles. The predicted octanol–water partition coefficient (Wildman–Crippen LogP) is 1.90. The zero-order chi connectivity index (χ0) is 14.0. The first-order valence-electron chi connectivity index (χ1n) is 5.97. The molecule has 6 heteroatoms. The van der Waals surface area contributed by atoms with Gasteiger partial charge in [0, 0.05) is 13.1 Å². The third kappa shape index (κ3) is 2.72. The van der Waals surface area contributed by atoms with Crippen molar-refractivity contribution in [3.05, 3.63) is 35.4 Å². The summed E-state index contributed by atoms with van der Waals surface area (Å²) in [5.74, 6) is -4.18. The van der Waals surface area contributed by atoms with Crippen molar-refractivity contribution < 1.29 is 23.5 Å². The minimum atomic E-state index is -1.16. The molecule has 2 rings (SSSR count). The molecule has 0 spiro atoms. The van der Waals surface area contributed by atoms with E-state index < -0.39 is 29.4 Å². The Bertz CT molecular complexity index is 511. The summed E-state index contributed by atoms with van der Waals surface area (Å²) >= 11 is 0. The first-order valence-corrected chi connectivity index (χ1v) is 5.97. The molecular weight excluding hydrogens is 256 g/mol. The molecule has 0 radical (unpaired) electrons. The highest BCUT2D eigenvalue weighted by molar-refractivity contribution is 5.94. The van der Waals surface area contributed by atoms with Crippen LogP contribution in [0.5, 0.6) is 0 Å². The van der Waals surface area contributed by atoms with Crippen LogP contribution in [0.3, 0.4) is 0 Å². The second-order valence-electron chi connectivity index (χ2n) is 4.51. The van der Waals surface area contributed by atoms with Crippen LogP contribution >= 0.6 is 0 Å². The number of likely N-dealkylation sites (tertiary alicyclic amines) is 1. The maximum atomic E-state index is 13.5. The molecule has 1 aromatic rings. The number of carbonyl (C=O) groups excluding carboxylic acids is 1. The second kappa shape index (κ2) is 5.34. The first-order chi connectivity index (χ1) is 9.00. The molecule has 102 valence electrons. The van der Waals surface area contributed by atoms with E-state index in [4.69, 9.17) is 5.11 Å². The lowest BCUT2D eigenvalue weighted by molar-refractivity contribution is -0.143. The summed E-state index contributed by atoms with van der Waals surface area (Å²) in [6.45, 7) is 0.484. The van der Waals surface area contributed by atoms with Crippen LogP contribution in [0.1, 0.15) is 23.2 Å². The van der Waals surface area contributed by atoms with Gasteiger partial charge in [-0.1, -0.05) is 6.07 Å². The van der Waals surface area contributed by atoms with E-state index in [1.165, 1.54) is 17.0 Å². The van der Waals surface area contributed by atoms with Gasteiger partial charge in [0.15, 0.2) is 11.6 Å². The third-order valence-electron chi connectivity index (χ3n) is 3.31. The first kappa shape index (κ1) is 13.5. The summed E-state index contributed by atoms with van der Waals surface area (Å²) in [6, 6.07) is 3.45. The second-order valence-corrected chi connectivity index (χ2v) is 4.51. The predicted molar refractivity (Wildman–Crippen MR) is 62.6 cm³/mol. The molecule has 19 heavy (non-hydrogen) atoms. The quantitative estimate of drug-likeness (QED) is 0.892. The number of aliphatic carboxylic acids is 1. The van der Waals surface area contributed by atoms with Gasteiger partial charge < -0.3 is 10.0 Å². The van der Waals surface area contributed by atoms with E-state index >= 15 is 0 Å². The van der Waals surface area contributed by atoms with Gasteiger partial charge in [0.25, 0.3) is 5.91 Å².